The van der Waals surface area contributed by atoms with Gasteiger partial charge < -0.3 is 9.84 Å². The molecule has 2 aromatic rings. The average molecular weight is 252 g/mol. The topological polar surface area (TPSA) is 50.4 Å². The Hall–Kier alpha value is -1.55. The fraction of sp³-hybridized carbons (Fsp3) is 0.333. The average Bonchev–Trinajstić information content (AvgIpc) is 2.74. The second kappa shape index (κ2) is 5.19. The summed E-state index contributed by atoms with van der Waals surface area (Å²) >= 11 is 0. The standard InChI is InChI=1S/C12H13N3O.ClH/c1-2-5-11-9(4-1)10(15-16-11)8-12-13-6-3-7-14-12;/h1-2,4-5H,3,6-8H2,(H,13,14);1H. The third kappa shape index (κ3) is 2.42. The number of para-hydroxylation sites is 1. The van der Waals surface area contributed by atoms with Crippen molar-refractivity contribution >= 4 is 29.2 Å². The van der Waals surface area contributed by atoms with Gasteiger partial charge in [-0.1, -0.05) is 17.3 Å². The van der Waals surface area contributed by atoms with Crippen LogP contribution in [0.5, 0.6) is 0 Å². The molecule has 0 atom stereocenters. The second-order valence-corrected chi connectivity index (χ2v) is 3.91. The fourth-order valence-electron chi connectivity index (χ4n) is 1.92. The van der Waals surface area contributed by atoms with Crippen LogP contribution >= 0.6 is 12.4 Å². The Morgan fingerprint density at radius 1 is 1.29 bits per heavy atom. The lowest BCUT2D eigenvalue weighted by Crippen LogP contribution is -2.31. The van der Waals surface area contributed by atoms with Gasteiger partial charge in [0.15, 0.2) is 5.58 Å². The second-order valence-electron chi connectivity index (χ2n) is 3.91. The monoisotopic (exact) mass is 251 g/mol. The molecular formula is C12H14ClN3O. The molecule has 0 fully saturated rings. The zero-order chi connectivity index (χ0) is 10.8. The first-order valence-electron chi connectivity index (χ1n) is 5.54. The van der Waals surface area contributed by atoms with Crippen molar-refractivity contribution in [3.05, 3.63) is 30.0 Å². The van der Waals surface area contributed by atoms with Crippen molar-refractivity contribution in [2.24, 2.45) is 4.99 Å². The first-order valence-corrected chi connectivity index (χ1v) is 5.54. The Labute approximate surface area is 105 Å². The number of nitrogens with one attached hydrogen (secondary N) is 1. The number of amidine groups is 1. The van der Waals surface area contributed by atoms with Crippen LogP contribution in [-0.4, -0.2) is 24.1 Å². The number of benzene rings is 1. The van der Waals surface area contributed by atoms with E-state index in [-0.39, 0.29) is 12.4 Å². The van der Waals surface area contributed by atoms with Crippen LogP contribution in [0, 0.1) is 0 Å². The van der Waals surface area contributed by atoms with Crippen LogP contribution in [0.2, 0.25) is 0 Å². The molecule has 0 saturated carbocycles. The molecule has 0 bridgehead atoms. The molecule has 1 N–H and O–H groups in total. The number of aliphatic imine (C=N–C) groups is 1. The lowest BCUT2D eigenvalue weighted by atomic mass is 10.1. The summed E-state index contributed by atoms with van der Waals surface area (Å²) in [6.07, 6.45) is 1.85. The van der Waals surface area contributed by atoms with Crippen molar-refractivity contribution in [1.29, 1.82) is 0 Å². The molecule has 0 spiro atoms. The van der Waals surface area contributed by atoms with E-state index in [2.05, 4.69) is 15.5 Å². The van der Waals surface area contributed by atoms with Crippen LogP contribution in [-0.2, 0) is 6.42 Å². The maximum atomic E-state index is 5.26. The van der Waals surface area contributed by atoms with Gasteiger partial charge in [0.1, 0.15) is 5.84 Å². The number of aromatic nitrogens is 1. The molecular weight excluding hydrogens is 238 g/mol. The first kappa shape index (κ1) is 11.9. The van der Waals surface area contributed by atoms with Crippen LogP contribution in [0.3, 0.4) is 0 Å². The van der Waals surface area contributed by atoms with Crippen molar-refractivity contribution in [2.75, 3.05) is 13.1 Å². The van der Waals surface area contributed by atoms with Gasteiger partial charge in [0.25, 0.3) is 0 Å². The molecule has 17 heavy (non-hydrogen) atoms. The third-order valence-electron chi connectivity index (χ3n) is 2.75. The zero-order valence-corrected chi connectivity index (χ0v) is 10.2. The summed E-state index contributed by atoms with van der Waals surface area (Å²) in [5.41, 5.74) is 1.80. The maximum Gasteiger partial charge on any atom is 0.167 e. The van der Waals surface area contributed by atoms with Crippen molar-refractivity contribution in [3.63, 3.8) is 0 Å². The molecule has 0 saturated heterocycles. The highest BCUT2D eigenvalue weighted by atomic mass is 35.5. The van der Waals surface area contributed by atoms with Gasteiger partial charge in [0.2, 0.25) is 0 Å². The van der Waals surface area contributed by atoms with Crippen molar-refractivity contribution in [1.82, 2.24) is 10.5 Å². The van der Waals surface area contributed by atoms with E-state index < -0.39 is 0 Å². The molecule has 1 aromatic heterocycles. The highest BCUT2D eigenvalue weighted by Crippen LogP contribution is 2.18. The van der Waals surface area contributed by atoms with Gasteiger partial charge in [-0.15, -0.1) is 12.4 Å². The van der Waals surface area contributed by atoms with Crippen LogP contribution < -0.4 is 5.32 Å². The van der Waals surface area contributed by atoms with Gasteiger partial charge in [-0.05, 0) is 18.6 Å². The Kier molecular flexibility index (Phi) is 3.64. The van der Waals surface area contributed by atoms with Crippen LogP contribution in [0.1, 0.15) is 12.1 Å². The van der Waals surface area contributed by atoms with Crippen LogP contribution in [0.25, 0.3) is 11.0 Å². The molecule has 0 unspecified atom stereocenters. The van der Waals surface area contributed by atoms with Gasteiger partial charge in [-0.25, -0.2) is 0 Å². The molecule has 0 radical (unpaired) electrons. The molecule has 2 heterocycles. The minimum absolute atomic E-state index is 0. The number of rotatable bonds is 2. The molecule has 3 rings (SSSR count). The predicted molar refractivity (Wildman–Crippen MR) is 69.9 cm³/mol. The Morgan fingerprint density at radius 2 is 2.18 bits per heavy atom. The number of hydrogen-bond donors (Lipinski definition) is 1. The van der Waals surface area contributed by atoms with E-state index in [1.165, 1.54) is 0 Å². The van der Waals surface area contributed by atoms with Crippen molar-refractivity contribution in [2.45, 2.75) is 12.8 Å². The number of nitrogens with zero attached hydrogens (tertiary/aromatic N) is 2. The summed E-state index contributed by atoms with van der Waals surface area (Å²) in [7, 11) is 0. The third-order valence-corrected chi connectivity index (χ3v) is 2.75. The zero-order valence-electron chi connectivity index (χ0n) is 9.35. The van der Waals surface area contributed by atoms with E-state index in [1.54, 1.807) is 0 Å². The quantitative estimate of drug-likeness (QED) is 0.890. The summed E-state index contributed by atoms with van der Waals surface area (Å²) in [6.45, 7) is 1.92. The molecule has 1 aliphatic heterocycles. The van der Waals surface area contributed by atoms with E-state index in [1.807, 2.05) is 24.3 Å². The van der Waals surface area contributed by atoms with Crippen LogP contribution in [0.15, 0.2) is 33.8 Å². The van der Waals surface area contributed by atoms with E-state index >= 15 is 0 Å². The summed E-state index contributed by atoms with van der Waals surface area (Å²) in [5.74, 6) is 1.02. The van der Waals surface area contributed by atoms with E-state index in [4.69, 9.17) is 4.52 Å². The lowest BCUT2D eigenvalue weighted by Gasteiger charge is -2.13. The number of halogens is 1. The number of fused-ring (bicyclic) bond motifs is 1. The first-order chi connectivity index (χ1) is 7.93. The van der Waals surface area contributed by atoms with Gasteiger partial charge in [0, 0.05) is 18.5 Å². The Morgan fingerprint density at radius 3 is 3.00 bits per heavy atom. The Balaban J connectivity index is 0.00000108. The highest BCUT2D eigenvalue weighted by Gasteiger charge is 2.11. The molecule has 90 valence electrons. The summed E-state index contributed by atoms with van der Waals surface area (Å²) < 4.78 is 5.26. The van der Waals surface area contributed by atoms with Gasteiger partial charge in [-0.3, -0.25) is 4.99 Å². The van der Waals surface area contributed by atoms with E-state index in [0.29, 0.717) is 0 Å². The Bertz CT molecular complexity index is 535. The van der Waals surface area contributed by atoms with E-state index in [0.717, 1.165) is 48.4 Å². The van der Waals surface area contributed by atoms with Gasteiger partial charge in [-0.2, -0.15) is 0 Å². The lowest BCUT2D eigenvalue weighted by molar-refractivity contribution is 0.448. The highest BCUT2D eigenvalue weighted by molar-refractivity contribution is 5.89. The summed E-state index contributed by atoms with van der Waals surface area (Å²) in [5, 5.41) is 8.47. The molecule has 1 aliphatic rings. The van der Waals surface area contributed by atoms with Gasteiger partial charge in [0.05, 0.1) is 12.1 Å². The fourth-order valence-corrected chi connectivity index (χ4v) is 1.92. The maximum absolute atomic E-state index is 5.26. The number of hydrogen-bond acceptors (Lipinski definition) is 4. The molecule has 1 aromatic carbocycles. The SMILES string of the molecule is Cl.c1ccc2c(CC3=NCCCN3)noc2c1. The summed E-state index contributed by atoms with van der Waals surface area (Å²) in [4.78, 5) is 4.44. The molecule has 4 nitrogen and oxygen atoms in total. The minimum Gasteiger partial charge on any atom is -0.373 e. The smallest absolute Gasteiger partial charge is 0.167 e. The summed E-state index contributed by atoms with van der Waals surface area (Å²) in [6, 6.07) is 7.92. The minimum atomic E-state index is 0. The predicted octanol–water partition coefficient (Wildman–Crippen LogP) is 2.18. The van der Waals surface area contributed by atoms with Gasteiger partial charge >= 0.3 is 0 Å². The van der Waals surface area contributed by atoms with Crippen LogP contribution in [0.4, 0.5) is 0 Å². The normalized spacial score (nSPS) is 14.9. The van der Waals surface area contributed by atoms with Crippen molar-refractivity contribution in [3.8, 4) is 0 Å². The molecule has 0 amide bonds. The van der Waals surface area contributed by atoms with E-state index in [9.17, 15) is 0 Å². The molecule has 0 aliphatic carbocycles. The van der Waals surface area contributed by atoms with Crippen molar-refractivity contribution < 1.29 is 4.52 Å². The largest absolute Gasteiger partial charge is 0.373 e. The molecule has 5 heteroatoms.